The summed E-state index contributed by atoms with van der Waals surface area (Å²) in [5.41, 5.74) is 1.50. The summed E-state index contributed by atoms with van der Waals surface area (Å²) >= 11 is 0. The number of ether oxygens (including phenoxy) is 1. The number of aliphatic hydroxyl groups is 1. The Morgan fingerprint density at radius 2 is 2.09 bits per heavy atom. The number of benzene rings is 2. The van der Waals surface area contributed by atoms with Crippen LogP contribution in [0, 0.1) is 5.82 Å². The maximum Gasteiger partial charge on any atom is 0.261 e. The molecule has 114 valence electrons. The van der Waals surface area contributed by atoms with Gasteiger partial charge in [0.2, 0.25) is 0 Å². The van der Waals surface area contributed by atoms with Gasteiger partial charge in [0.05, 0.1) is 12.6 Å². The van der Waals surface area contributed by atoms with Crippen LogP contribution < -0.4 is 10.1 Å². The van der Waals surface area contributed by atoms with Gasteiger partial charge in [-0.1, -0.05) is 30.3 Å². The van der Waals surface area contributed by atoms with Crippen LogP contribution in [0.15, 0.2) is 48.5 Å². The molecule has 4 nitrogen and oxygen atoms in total. The van der Waals surface area contributed by atoms with Crippen molar-refractivity contribution in [3.05, 3.63) is 65.5 Å². The molecule has 1 heterocycles. The zero-order valence-electron chi connectivity index (χ0n) is 11.8. The first-order chi connectivity index (χ1) is 10.7. The van der Waals surface area contributed by atoms with Crippen LogP contribution in [0.2, 0.25) is 0 Å². The van der Waals surface area contributed by atoms with Gasteiger partial charge in [0.15, 0.2) is 6.10 Å². The molecule has 0 spiro atoms. The number of halogens is 1. The first kappa shape index (κ1) is 14.5. The molecule has 1 amide bonds. The molecule has 0 bridgehead atoms. The normalized spacial score (nSPS) is 17.5. The third-order valence-corrected chi connectivity index (χ3v) is 3.69. The third-order valence-electron chi connectivity index (χ3n) is 3.69. The van der Waals surface area contributed by atoms with Gasteiger partial charge >= 0.3 is 0 Å². The summed E-state index contributed by atoms with van der Waals surface area (Å²) in [4.78, 5) is 12.3. The Labute approximate surface area is 127 Å². The van der Waals surface area contributed by atoms with E-state index in [2.05, 4.69) is 5.32 Å². The average molecular weight is 301 g/mol. The zero-order valence-corrected chi connectivity index (χ0v) is 11.8. The Morgan fingerprint density at radius 3 is 2.82 bits per heavy atom. The van der Waals surface area contributed by atoms with E-state index in [1.54, 1.807) is 0 Å². The highest BCUT2D eigenvalue weighted by atomic mass is 19.1. The van der Waals surface area contributed by atoms with Crippen LogP contribution in [-0.4, -0.2) is 23.7 Å². The highest BCUT2D eigenvalue weighted by molar-refractivity contribution is 5.83. The van der Waals surface area contributed by atoms with Crippen molar-refractivity contribution < 1.29 is 19.0 Å². The summed E-state index contributed by atoms with van der Waals surface area (Å²) in [5, 5.41) is 12.2. The van der Waals surface area contributed by atoms with Crippen LogP contribution in [0.3, 0.4) is 0 Å². The van der Waals surface area contributed by atoms with Crippen LogP contribution in [0.5, 0.6) is 5.75 Å². The predicted octanol–water partition coefficient (Wildman–Crippen LogP) is 1.98. The Kier molecular flexibility index (Phi) is 4.06. The zero-order chi connectivity index (χ0) is 15.5. The van der Waals surface area contributed by atoms with E-state index in [0.717, 1.165) is 5.56 Å². The minimum Gasteiger partial charge on any atom is -0.480 e. The molecule has 1 unspecified atom stereocenters. The summed E-state index contributed by atoms with van der Waals surface area (Å²) < 4.78 is 18.7. The Balaban J connectivity index is 1.68. The molecule has 5 heteroatoms. The van der Waals surface area contributed by atoms with Crippen molar-refractivity contribution >= 4 is 5.91 Å². The van der Waals surface area contributed by atoms with Gasteiger partial charge in [0.1, 0.15) is 11.6 Å². The lowest BCUT2D eigenvalue weighted by Gasteiger charge is -2.19. The molecular formula is C17H16FNO3. The number of hydrogen-bond donors (Lipinski definition) is 2. The molecule has 0 saturated carbocycles. The molecular weight excluding hydrogens is 285 g/mol. The largest absolute Gasteiger partial charge is 0.480 e. The lowest BCUT2D eigenvalue weighted by atomic mass is 10.1. The minimum absolute atomic E-state index is 0.204. The molecule has 22 heavy (non-hydrogen) atoms. The Morgan fingerprint density at radius 1 is 1.32 bits per heavy atom. The minimum atomic E-state index is -0.699. The van der Waals surface area contributed by atoms with Crippen LogP contribution in [0.1, 0.15) is 17.2 Å². The molecule has 0 saturated heterocycles. The van der Waals surface area contributed by atoms with Gasteiger partial charge in [-0.05, 0) is 23.8 Å². The Bertz CT molecular complexity index is 675. The number of carbonyl (C=O) groups excluding carboxylic acids is 1. The van der Waals surface area contributed by atoms with E-state index in [4.69, 9.17) is 4.74 Å². The molecule has 0 aliphatic carbocycles. The number of hydrogen-bond acceptors (Lipinski definition) is 3. The Hall–Kier alpha value is -2.40. The first-order valence-corrected chi connectivity index (χ1v) is 7.08. The fraction of sp³-hybridized carbons (Fsp3) is 0.235. The summed E-state index contributed by atoms with van der Waals surface area (Å²) in [7, 11) is 0. The van der Waals surface area contributed by atoms with E-state index in [1.165, 1.54) is 18.2 Å². The van der Waals surface area contributed by atoms with Crippen molar-refractivity contribution in [2.75, 3.05) is 6.61 Å². The summed E-state index contributed by atoms with van der Waals surface area (Å²) in [6.45, 7) is -0.204. The van der Waals surface area contributed by atoms with Gasteiger partial charge < -0.3 is 15.2 Å². The average Bonchev–Trinajstić information content (AvgIpc) is 2.96. The lowest BCUT2D eigenvalue weighted by molar-refractivity contribution is -0.128. The van der Waals surface area contributed by atoms with E-state index in [1.807, 2.05) is 30.3 Å². The molecule has 2 N–H and O–H groups in total. The number of fused-ring (bicyclic) bond motifs is 1. The molecule has 2 aromatic rings. The molecule has 0 aromatic heterocycles. The molecule has 1 aliphatic heterocycles. The first-order valence-electron chi connectivity index (χ1n) is 7.08. The van der Waals surface area contributed by atoms with E-state index < -0.39 is 12.1 Å². The topological polar surface area (TPSA) is 58.6 Å². The van der Waals surface area contributed by atoms with Crippen LogP contribution in [0.4, 0.5) is 4.39 Å². The second-order valence-corrected chi connectivity index (χ2v) is 5.22. The van der Waals surface area contributed by atoms with E-state index in [-0.39, 0.29) is 18.3 Å². The molecule has 0 radical (unpaired) electrons. The fourth-order valence-electron chi connectivity index (χ4n) is 2.55. The standard InChI is InChI=1S/C17H16FNO3/c18-13-6-7-15-12(8-13)9-16(22-15)17(21)19-14(10-20)11-4-2-1-3-5-11/h1-8,14,16,20H,9-10H2,(H,19,21)/t14-,16?/m1/s1. The number of nitrogens with one attached hydrogen (secondary N) is 1. The van der Waals surface area contributed by atoms with Crippen LogP contribution >= 0.6 is 0 Å². The fourth-order valence-corrected chi connectivity index (χ4v) is 2.55. The quantitative estimate of drug-likeness (QED) is 0.908. The number of carbonyl (C=O) groups is 1. The van der Waals surface area contributed by atoms with Gasteiger partial charge in [-0.2, -0.15) is 0 Å². The summed E-state index contributed by atoms with van der Waals surface area (Å²) in [6.07, 6.45) is -0.374. The number of amides is 1. The second-order valence-electron chi connectivity index (χ2n) is 5.22. The molecule has 3 rings (SSSR count). The molecule has 2 atom stereocenters. The number of rotatable bonds is 4. The number of aliphatic hydroxyl groups excluding tert-OH is 1. The smallest absolute Gasteiger partial charge is 0.261 e. The monoisotopic (exact) mass is 301 g/mol. The van der Waals surface area contributed by atoms with Crippen LogP contribution in [-0.2, 0) is 11.2 Å². The van der Waals surface area contributed by atoms with Gasteiger partial charge in [0.25, 0.3) is 5.91 Å². The third kappa shape index (κ3) is 2.94. The van der Waals surface area contributed by atoms with Gasteiger partial charge in [-0.3, -0.25) is 4.79 Å². The molecule has 0 fully saturated rings. The summed E-state index contributed by atoms with van der Waals surface area (Å²) in [5.74, 6) is -0.137. The molecule has 1 aliphatic rings. The van der Waals surface area contributed by atoms with Gasteiger partial charge in [-0.15, -0.1) is 0 Å². The van der Waals surface area contributed by atoms with Crippen molar-refractivity contribution in [1.29, 1.82) is 0 Å². The van der Waals surface area contributed by atoms with E-state index in [0.29, 0.717) is 17.7 Å². The second kappa shape index (κ2) is 6.15. The van der Waals surface area contributed by atoms with Crippen molar-refractivity contribution in [1.82, 2.24) is 5.32 Å². The maximum absolute atomic E-state index is 13.2. The SMILES string of the molecule is O=C(N[C@H](CO)c1ccccc1)C1Cc2cc(F)ccc2O1. The van der Waals surface area contributed by atoms with Crippen molar-refractivity contribution in [3.63, 3.8) is 0 Å². The lowest BCUT2D eigenvalue weighted by Crippen LogP contribution is -2.40. The van der Waals surface area contributed by atoms with Crippen molar-refractivity contribution in [3.8, 4) is 5.75 Å². The van der Waals surface area contributed by atoms with E-state index in [9.17, 15) is 14.3 Å². The highest BCUT2D eigenvalue weighted by Gasteiger charge is 2.30. The highest BCUT2D eigenvalue weighted by Crippen LogP contribution is 2.29. The molecule has 2 aromatic carbocycles. The maximum atomic E-state index is 13.2. The van der Waals surface area contributed by atoms with Gasteiger partial charge in [-0.25, -0.2) is 4.39 Å². The van der Waals surface area contributed by atoms with Crippen LogP contribution in [0.25, 0.3) is 0 Å². The van der Waals surface area contributed by atoms with Crippen molar-refractivity contribution in [2.45, 2.75) is 18.6 Å². The van der Waals surface area contributed by atoms with E-state index >= 15 is 0 Å². The van der Waals surface area contributed by atoms with Crippen molar-refractivity contribution in [2.24, 2.45) is 0 Å². The van der Waals surface area contributed by atoms with Gasteiger partial charge in [0, 0.05) is 12.0 Å². The summed E-state index contributed by atoms with van der Waals surface area (Å²) in [6, 6.07) is 12.9. The predicted molar refractivity (Wildman–Crippen MR) is 78.9 cm³/mol.